The normalized spacial score (nSPS) is 14.9. The monoisotopic (exact) mass is 490 g/mol. The Labute approximate surface area is 195 Å². The van der Waals surface area contributed by atoms with Gasteiger partial charge in [0.15, 0.2) is 0 Å². The molecule has 9 heteroatoms. The average molecular weight is 491 g/mol. The summed E-state index contributed by atoms with van der Waals surface area (Å²) in [6.45, 7) is 0.344. The van der Waals surface area contributed by atoms with Crippen molar-refractivity contribution in [3.63, 3.8) is 0 Å². The summed E-state index contributed by atoms with van der Waals surface area (Å²) < 4.78 is 68.0. The summed E-state index contributed by atoms with van der Waals surface area (Å²) in [6.07, 6.45) is 2.95. The Morgan fingerprint density at radius 1 is 0.971 bits per heavy atom. The van der Waals surface area contributed by atoms with Gasteiger partial charge in [-0.15, -0.1) is 0 Å². The van der Waals surface area contributed by atoms with Gasteiger partial charge >= 0.3 is 6.18 Å². The molecule has 1 aliphatic rings. The minimum atomic E-state index is -4.65. The maximum absolute atomic E-state index is 13.4. The van der Waals surface area contributed by atoms with Gasteiger partial charge in [0.05, 0.1) is 10.5 Å². The van der Waals surface area contributed by atoms with Crippen LogP contribution in [-0.2, 0) is 22.6 Å². The third-order valence-corrected chi connectivity index (χ3v) is 7.45. The number of hydrogen-bond acceptors (Lipinski definition) is 3. The first-order valence-electron chi connectivity index (χ1n) is 11.1. The molecule has 180 valence electrons. The lowest BCUT2D eigenvalue weighted by Crippen LogP contribution is -2.25. The van der Waals surface area contributed by atoms with E-state index in [1.165, 1.54) is 36.3 Å². The maximum atomic E-state index is 13.4. The molecule has 3 aromatic rings. The Morgan fingerprint density at radius 3 is 2.38 bits per heavy atom. The summed E-state index contributed by atoms with van der Waals surface area (Å²) in [5.74, 6) is 0. The van der Waals surface area contributed by atoms with Crippen molar-refractivity contribution in [2.75, 3.05) is 6.54 Å². The van der Waals surface area contributed by atoms with Gasteiger partial charge < -0.3 is 4.98 Å². The van der Waals surface area contributed by atoms with Gasteiger partial charge in [0, 0.05) is 23.5 Å². The van der Waals surface area contributed by atoms with E-state index in [-0.39, 0.29) is 15.8 Å². The molecule has 0 bridgehead atoms. The van der Waals surface area contributed by atoms with Gasteiger partial charge in [-0.25, -0.2) is 13.1 Å². The molecule has 0 radical (unpaired) electrons. The van der Waals surface area contributed by atoms with Crippen LogP contribution in [0.4, 0.5) is 13.2 Å². The maximum Gasteiger partial charge on any atom is 0.417 e. The second kappa shape index (κ2) is 9.76. The van der Waals surface area contributed by atoms with Crippen molar-refractivity contribution in [1.82, 2.24) is 9.71 Å². The first kappa shape index (κ1) is 24.2. The predicted octanol–water partition coefficient (Wildman–Crippen LogP) is 5.31. The van der Waals surface area contributed by atoms with E-state index in [2.05, 4.69) is 15.8 Å². The summed E-state index contributed by atoms with van der Waals surface area (Å²) in [5.41, 5.74) is 0.971. The van der Waals surface area contributed by atoms with Crippen LogP contribution in [0.3, 0.4) is 0 Å². The van der Waals surface area contributed by atoms with Crippen LogP contribution in [-0.4, -0.2) is 19.9 Å². The molecule has 4 rings (SSSR count). The fraction of sp³-hybridized carbons (Fsp3) is 0.320. The van der Waals surface area contributed by atoms with Gasteiger partial charge in [0.1, 0.15) is 0 Å². The van der Waals surface area contributed by atoms with Crippen molar-refractivity contribution in [2.24, 2.45) is 0 Å². The topological polar surface area (TPSA) is 79.0 Å². The first-order chi connectivity index (χ1) is 16.1. The van der Waals surface area contributed by atoms with Crippen molar-refractivity contribution in [3.05, 3.63) is 87.2 Å². The SMILES string of the molecule is O=c1cc(C(F)(F)F)c2cc(Cc3ccc(S(=O)(=O)NCCC4=CCCCC4)cc3)ccc2[nH]1. The lowest BCUT2D eigenvalue weighted by Gasteiger charge is -2.13. The molecular formula is C25H25F3N2O3S. The largest absolute Gasteiger partial charge is 0.417 e. The minimum Gasteiger partial charge on any atom is -0.322 e. The fourth-order valence-corrected chi connectivity index (χ4v) is 5.26. The third-order valence-electron chi connectivity index (χ3n) is 5.98. The number of fused-ring (bicyclic) bond motifs is 1. The van der Waals surface area contributed by atoms with E-state index in [9.17, 15) is 26.4 Å². The van der Waals surface area contributed by atoms with Gasteiger partial charge in [0.25, 0.3) is 0 Å². The number of rotatable bonds is 7. The van der Waals surface area contributed by atoms with Crippen LogP contribution >= 0.6 is 0 Å². The van der Waals surface area contributed by atoms with Crippen molar-refractivity contribution < 1.29 is 21.6 Å². The van der Waals surface area contributed by atoms with Crippen molar-refractivity contribution in [2.45, 2.75) is 49.6 Å². The molecule has 1 heterocycles. The number of aromatic amines is 1. The predicted molar refractivity (Wildman–Crippen MR) is 125 cm³/mol. The van der Waals surface area contributed by atoms with Crippen LogP contribution in [0.1, 0.15) is 48.8 Å². The molecule has 0 aliphatic heterocycles. The summed E-state index contributed by atoms with van der Waals surface area (Å²) in [6, 6.07) is 11.4. The van der Waals surface area contributed by atoms with Gasteiger partial charge in [-0.05, 0) is 73.9 Å². The lowest BCUT2D eigenvalue weighted by molar-refractivity contribution is -0.136. The Balaban J connectivity index is 1.47. The van der Waals surface area contributed by atoms with E-state index < -0.39 is 27.3 Å². The number of benzene rings is 2. The number of alkyl halides is 3. The molecule has 0 fully saturated rings. The smallest absolute Gasteiger partial charge is 0.322 e. The van der Waals surface area contributed by atoms with Crippen LogP contribution in [0.15, 0.2) is 69.9 Å². The molecule has 0 unspecified atom stereocenters. The first-order valence-corrected chi connectivity index (χ1v) is 12.6. The summed E-state index contributed by atoms with van der Waals surface area (Å²) in [5, 5.41) is -0.0823. The van der Waals surface area contributed by atoms with Crippen molar-refractivity contribution >= 4 is 20.9 Å². The number of nitrogens with one attached hydrogen (secondary N) is 2. The standard InChI is InChI=1S/C25H25F3N2O3S/c26-25(27,28)22-16-24(31)30-23-11-8-19(15-21(22)23)14-18-6-9-20(10-7-18)34(32,33)29-13-12-17-4-2-1-3-5-17/h4,6-11,15-16,29H,1-3,5,12-14H2,(H,30,31). The van der Waals surface area contributed by atoms with E-state index in [1.807, 2.05) is 0 Å². The molecule has 0 amide bonds. The molecule has 34 heavy (non-hydrogen) atoms. The molecule has 0 atom stereocenters. The van der Waals surface area contributed by atoms with E-state index >= 15 is 0 Å². The molecule has 5 nitrogen and oxygen atoms in total. The Bertz CT molecular complexity index is 1380. The highest BCUT2D eigenvalue weighted by Gasteiger charge is 2.33. The molecule has 0 saturated heterocycles. The number of hydrogen-bond donors (Lipinski definition) is 2. The summed E-state index contributed by atoms with van der Waals surface area (Å²) >= 11 is 0. The highest BCUT2D eigenvalue weighted by molar-refractivity contribution is 7.89. The van der Waals surface area contributed by atoms with E-state index in [0.29, 0.717) is 31.0 Å². The quantitative estimate of drug-likeness (QED) is 0.441. The Morgan fingerprint density at radius 2 is 1.71 bits per heavy atom. The minimum absolute atomic E-state index is 0.0823. The molecule has 2 N–H and O–H groups in total. The number of aromatic nitrogens is 1. The molecular weight excluding hydrogens is 465 g/mol. The zero-order chi connectivity index (χ0) is 24.3. The van der Waals surface area contributed by atoms with Crippen LogP contribution < -0.4 is 10.3 Å². The van der Waals surface area contributed by atoms with Crippen LogP contribution in [0.5, 0.6) is 0 Å². The number of sulfonamides is 1. The highest BCUT2D eigenvalue weighted by Crippen LogP contribution is 2.33. The van der Waals surface area contributed by atoms with E-state index in [4.69, 9.17) is 0 Å². The number of allylic oxidation sites excluding steroid dienone is 1. The number of H-pyrrole nitrogens is 1. The number of halogens is 3. The molecule has 0 saturated carbocycles. The molecule has 1 aliphatic carbocycles. The molecule has 0 spiro atoms. The van der Waals surface area contributed by atoms with Crippen LogP contribution in [0.2, 0.25) is 0 Å². The van der Waals surface area contributed by atoms with E-state index in [0.717, 1.165) is 24.8 Å². The van der Waals surface area contributed by atoms with Gasteiger partial charge in [-0.1, -0.05) is 29.8 Å². The van der Waals surface area contributed by atoms with E-state index in [1.54, 1.807) is 18.2 Å². The highest BCUT2D eigenvalue weighted by atomic mass is 32.2. The zero-order valence-corrected chi connectivity index (χ0v) is 19.2. The average Bonchev–Trinajstić information content (AvgIpc) is 2.79. The second-order valence-corrected chi connectivity index (χ2v) is 10.3. The molecule has 2 aromatic carbocycles. The third kappa shape index (κ3) is 5.77. The van der Waals surface area contributed by atoms with Gasteiger partial charge in [-0.3, -0.25) is 4.79 Å². The van der Waals surface area contributed by atoms with Crippen molar-refractivity contribution in [3.8, 4) is 0 Å². The Kier molecular flexibility index (Phi) is 6.95. The second-order valence-electron chi connectivity index (χ2n) is 8.50. The van der Waals surface area contributed by atoms with Gasteiger partial charge in [0.2, 0.25) is 15.6 Å². The summed E-state index contributed by atoms with van der Waals surface area (Å²) in [4.78, 5) is 14.1. The fourth-order valence-electron chi connectivity index (χ4n) is 4.23. The van der Waals surface area contributed by atoms with Crippen LogP contribution in [0.25, 0.3) is 10.9 Å². The van der Waals surface area contributed by atoms with Gasteiger partial charge in [-0.2, -0.15) is 13.2 Å². The number of pyridine rings is 1. The lowest BCUT2D eigenvalue weighted by atomic mass is 9.97. The zero-order valence-electron chi connectivity index (χ0n) is 18.4. The molecule has 1 aromatic heterocycles. The Hall–Kier alpha value is -2.91. The van der Waals surface area contributed by atoms with Crippen molar-refractivity contribution in [1.29, 1.82) is 0 Å². The van der Waals surface area contributed by atoms with Crippen LogP contribution in [0, 0.1) is 0 Å². The summed E-state index contributed by atoms with van der Waals surface area (Å²) in [7, 11) is -3.64.